The van der Waals surface area contributed by atoms with Gasteiger partial charge in [0, 0.05) is 6.20 Å². The molecule has 1 atom stereocenters. The van der Waals surface area contributed by atoms with Gasteiger partial charge in [-0.1, -0.05) is 0 Å². The summed E-state index contributed by atoms with van der Waals surface area (Å²) in [6.45, 7) is 1.20. The molecule has 15 heavy (non-hydrogen) atoms. The average Bonchev–Trinajstić information content (AvgIpc) is 2.16. The Labute approximate surface area is 87.2 Å². The summed E-state index contributed by atoms with van der Waals surface area (Å²) >= 11 is 0. The van der Waals surface area contributed by atoms with Gasteiger partial charge in [0.05, 0.1) is 5.69 Å². The van der Waals surface area contributed by atoms with E-state index in [1.807, 2.05) is 0 Å². The number of carbonyl (C=O) groups is 1. The van der Waals surface area contributed by atoms with E-state index in [4.69, 9.17) is 11.5 Å². The third kappa shape index (κ3) is 2.07. The lowest BCUT2D eigenvalue weighted by Gasteiger charge is -2.09. The summed E-state index contributed by atoms with van der Waals surface area (Å²) in [5.74, 6) is -0.931. The summed E-state index contributed by atoms with van der Waals surface area (Å²) in [5.41, 5.74) is 10.4. The van der Waals surface area contributed by atoms with Crippen molar-refractivity contribution >= 4 is 21.4 Å². The Hall–Kier alpha value is -1.63. The molecular weight excluding hydrogens is 218 g/mol. The topological polar surface area (TPSA) is 116 Å². The number of hydrogen-bond acceptors (Lipinski definition) is 5. The van der Waals surface area contributed by atoms with Crippen LogP contribution in [-0.2, 0) is 14.6 Å². The Kier molecular flexibility index (Phi) is 2.94. The second-order valence-electron chi connectivity index (χ2n) is 2.99. The monoisotopic (exact) mass is 229 g/mol. The highest BCUT2D eigenvalue weighted by Gasteiger charge is 2.30. The maximum atomic E-state index is 11.8. The Morgan fingerprint density at radius 1 is 1.53 bits per heavy atom. The normalized spacial score (nSPS) is 13.4. The van der Waals surface area contributed by atoms with Crippen LogP contribution in [0.5, 0.6) is 0 Å². The molecule has 0 aliphatic rings. The Morgan fingerprint density at radius 3 is 2.60 bits per heavy atom. The van der Waals surface area contributed by atoms with Crippen LogP contribution < -0.4 is 11.5 Å². The molecule has 0 aromatic carbocycles. The zero-order chi connectivity index (χ0) is 11.6. The van der Waals surface area contributed by atoms with Crippen molar-refractivity contribution in [3.05, 3.63) is 18.3 Å². The number of hydrogen-bond donors (Lipinski definition) is 2. The summed E-state index contributed by atoms with van der Waals surface area (Å²) in [6.07, 6.45) is 1.29. The molecule has 1 heterocycles. The van der Waals surface area contributed by atoms with Gasteiger partial charge in [-0.05, 0) is 19.1 Å². The summed E-state index contributed by atoms with van der Waals surface area (Å²) in [6, 6.07) is 2.90. The number of nitrogens with two attached hydrogens (primary N) is 2. The molecule has 7 heteroatoms. The Bertz CT molecular complexity index is 484. The largest absolute Gasteiger partial charge is 0.396 e. The lowest BCUT2D eigenvalue weighted by atomic mass is 10.4. The fraction of sp³-hybridized carbons (Fsp3) is 0.250. The third-order valence-corrected chi connectivity index (χ3v) is 3.98. The highest BCUT2D eigenvalue weighted by molar-refractivity contribution is 7.92. The minimum Gasteiger partial charge on any atom is -0.396 e. The van der Waals surface area contributed by atoms with Crippen LogP contribution in [0.4, 0.5) is 5.69 Å². The standard InChI is InChI=1S/C8H11N3O3S/c1-5(7(10)12)15(13,14)8-6(9)3-2-4-11-8/h2-5H,9H2,1H3,(H2,10,12). The van der Waals surface area contributed by atoms with E-state index in [-0.39, 0.29) is 10.7 Å². The van der Waals surface area contributed by atoms with E-state index in [2.05, 4.69) is 4.98 Å². The summed E-state index contributed by atoms with van der Waals surface area (Å²) in [5, 5.41) is -1.65. The first kappa shape index (κ1) is 11.4. The summed E-state index contributed by atoms with van der Waals surface area (Å²) < 4.78 is 23.5. The minimum absolute atomic E-state index is 0.00519. The predicted molar refractivity (Wildman–Crippen MR) is 54.5 cm³/mol. The second-order valence-corrected chi connectivity index (χ2v) is 5.17. The maximum Gasteiger partial charge on any atom is 0.235 e. The van der Waals surface area contributed by atoms with E-state index in [9.17, 15) is 13.2 Å². The molecule has 0 spiro atoms. The zero-order valence-corrected chi connectivity index (χ0v) is 8.86. The Balaban J connectivity index is 3.30. The molecule has 82 valence electrons. The number of nitrogen functional groups attached to an aromatic ring is 1. The average molecular weight is 229 g/mol. The van der Waals surface area contributed by atoms with Crippen molar-refractivity contribution < 1.29 is 13.2 Å². The highest BCUT2D eigenvalue weighted by Crippen LogP contribution is 2.19. The van der Waals surface area contributed by atoms with Crippen molar-refractivity contribution in [1.82, 2.24) is 4.98 Å². The number of nitrogens with zero attached hydrogens (tertiary/aromatic N) is 1. The molecule has 0 saturated heterocycles. The SMILES string of the molecule is CC(C(N)=O)S(=O)(=O)c1ncccc1N. The number of anilines is 1. The van der Waals surface area contributed by atoms with Crippen LogP contribution in [-0.4, -0.2) is 24.6 Å². The van der Waals surface area contributed by atoms with Gasteiger partial charge in [0.25, 0.3) is 0 Å². The number of carbonyl (C=O) groups excluding carboxylic acids is 1. The van der Waals surface area contributed by atoms with Crippen molar-refractivity contribution in [1.29, 1.82) is 0 Å². The molecule has 1 aromatic heterocycles. The molecule has 1 rings (SSSR count). The minimum atomic E-state index is -3.88. The van der Waals surface area contributed by atoms with E-state index >= 15 is 0 Å². The fourth-order valence-electron chi connectivity index (χ4n) is 0.961. The smallest absolute Gasteiger partial charge is 0.235 e. The van der Waals surface area contributed by atoms with Gasteiger partial charge in [0.15, 0.2) is 5.03 Å². The maximum absolute atomic E-state index is 11.8. The van der Waals surface area contributed by atoms with E-state index < -0.39 is 21.0 Å². The van der Waals surface area contributed by atoms with E-state index in [0.29, 0.717) is 0 Å². The lowest BCUT2D eigenvalue weighted by molar-refractivity contribution is -0.117. The van der Waals surface area contributed by atoms with Gasteiger partial charge in [-0.3, -0.25) is 4.79 Å². The van der Waals surface area contributed by atoms with Gasteiger partial charge in [-0.2, -0.15) is 0 Å². The Morgan fingerprint density at radius 2 is 2.13 bits per heavy atom. The van der Waals surface area contributed by atoms with E-state index in [0.717, 1.165) is 0 Å². The van der Waals surface area contributed by atoms with Crippen LogP contribution in [0.15, 0.2) is 23.4 Å². The molecule has 0 fully saturated rings. The zero-order valence-electron chi connectivity index (χ0n) is 8.04. The summed E-state index contributed by atoms with van der Waals surface area (Å²) in [4.78, 5) is 14.4. The van der Waals surface area contributed by atoms with Gasteiger partial charge in [0.2, 0.25) is 15.7 Å². The number of sulfone groups is 1. The second kappa shape index (κ2) is 3.85. The van der Waals surface area contributed by atoms with Crippen molar-refractivity contribution in [3.63, 3.8) is 0 Å². The van der Waals surface area contributed by atoms with Crippen LogP contribution in [0.2, 0.25) is 0 Å². The van der Waals surface area contributed by atoms with Gasteiger partial charge >= 0.3 is 0 Å². The number of amides is 1. The molecule has 0 bridgehead atoms. The van der Waals surface area contributed by atoms with Crippen LogP contribution >= 0.6 is 0 Å². The number of rotatable bonds is 3. The molecule has 1 aromatic rings. The predicted octanol–water partition coefficient (Wildman–Crippen LogP) is -0.689. The van der Waals surface area contributed by atoms with Gasteiger partial charge < -0.3 is 11.5 Å². The van der Waals surface area contributed by atoms with Crippen molar-refractivity contribution in [2.75, 3.05) is 5.73 Å². The van der Waals surface area contributed by atoms with Crippen LogP contribution in [0.1, 0.15) is 6.92 Å². The molecular formula is C8H11N3O3S. The van der Waals surface area contributed by atoms with Crippen molar-refractivity contribution in [2.24, 2.45) is 5.73 Å². The molecule has 0 aliphatic heterocycles. The third-order valence-electron chi connectivity index (χ3n) is 1.94. The van der Waals surface area contributed by atoms with Crippen molar-refractivity contribution in [3.8, 4) is 0 Å². The summed E-state index contributed by atoms with van der Waals surface area (Å²) in [7, 11) is -3.88. The lowest BCUT2D eigenvalue weighted by Crippen LogP contribution is -2.34. The first-order valence-electron chi connectivity index (χ1n) is 4.11. The van der Waals surface area contributed by atoms with E-state index in [1.165, 1.54) is 25.3 Å². The molecule has 0 saturated carbocycles. The van der Waals surface area contributed by atoms with Crippen LogP contribution in [0.3, 0.4) is 0 Å². The highest BCUT2D eigenvalue weighted by atomic mass is 32.2. The first-order chi connectivity index (χ1) is 6.87. The van der Waals surface area contributed by atoms with E-state index in [1.54, 1.807) is 0 Å². The molecule has 4 N–H and O–H groups in total. The van der Waals surface area contributed by atoms with Gasteiger partial charge in [-0.15, -0.1) is 0 Å². The molecule has 6 nitrogen and oxygen atoms in total. The van der Waals surface area contributed by atoms with Crippen LogP contribution in [0, 0.1) is 0 Å². The molecule has 0 aliphatic carbocycles. The van der Waals surface area contributed by atoms with Gasteiger partial charge in [-0.25, -0.2) is 13.4 Å². The number of pyridine rings is 1. The molecule has 1 unspecified atom stereocenters. The fourth-order valence-corrected chi connectivity index (χ4v) is 2.21. The molecule has 0 radical (unpaired) electrons. The van der Waals surface area contributed by atoms with Crippen LogP contribution in [0.25, 0.3) is 0 Å². The van der Waals surface area contributed by atoms with Crippen molar-refractivity contribution in [2.45, 2.75) is 17.2 Å². The quantitative estimate of drug-likeness (QED) is 0.711. The van der Waals surface area contributed by atoms with Gasteiger partial charge in [0.1, 0.15) is 5.25 Å². The number of aromatic nitrogens is 1. The number of primary amides is 1. The first-order valence-corrected chi connectivity index (χ1v) is 5.65. The molecule has 1 amide bonds.